The summed E-state index contributed by atoms with van der Waals surface area (Å²) < 4.78 is 0. The van der Waals surface area contributed by atoms with Gasteiger partial charge in [-0.1, -0.05) is 27.7 Å². The van der Waals surface area contributed by atoms with Gasteiger partial charge in [0.25, 0.3) is 5.91 Å². The number of carbonyl (C=O) groups excluding carboxylic acids is 3. The lowest BCUT2D eigenvalue weighted by molar-refractivity contribution is -0.125. The molecule has 0 radical (unpaired) electrons. The van der Waals surface area contributed by atoms with Crippen molar-refractivity contribution in [2.45, 2.75) is 40.7 Å². The van der Waals surface area contributed by atoms with Crippen LogP contribution in [0.2, 0.25) is 0 Å². The summed E-state index contributed by atoms with van der Waals surface area (Å²) in [6.07, 6.45) is 0. The van der Waals surface area contributed by atoms with Gasteiger partial charge in [-0.3, -0.25) is 14.4 Å². The number of carbonyl (C=O) groups is 3. The normalized spacial score (nSPS) is 12.0. The molecule has 0 unspecified atom stereocenters. The van der Waals surface area contributed by atoms with E-state index in [1.54, 1.807) is 18.2 Å². The second-order valence-electron chi connectivity index (χ2n) is 7.17. The summed E-state index contributed by atoms with van der Waals surface area (Å²) in [5.74, 6) is -0.486. The third-order valence-corrected chi connectivity index (χ3v) is 3.88. The van der Waals surface area contributed by atoms with E-state index in [9.17, 15) is 14.4 Å². The number of amides is 3. The van der Waals surface area contributed by atoms with Crippen LogP contribution >= 0.6 is 0 Å². The highest BCUT2D eigenvalue weighted by molar-refractivity contribution is 5.98. The third kappa shape index (κ3) is 6.84. The Morgan fingerprint density at radius 3 is 2.27 bits per heavy atom. The number of benzene rings is 1. The van der Waals surface area contributed by atoms with Crippen LogP contribution < -0.4 is 21.7 Å². The van der Waals surface area contributed by atoms with Crippen molar-refractivity contribution in [3.05, 3.63) is 29.3 Å². The Labute approximate surface area is 155 Å². The van der Waals surface area contributed by atoms with E-state index in [1.165, 1.54) is 0 Å². The molecule has 1 aromatic carbocycles. The molecule has 144 valence electrons. The van der Waals surface area contributed by atoms with E-state index in [0.717, 1.165) is 5.56 Å². The van der Waals surface area contributed by atoms with Crippen LogP contribution in [0.25, 0.3) is 0 Å². The zero-order valence-corrected chi connectivity index (χ0v) is 16.2. The molecule has 3 amide bonds. The Bertz CT molecular complexity index is 656. The minimum atomic E-state index is -0.645. The Morgan fingerprint density at radius 1 is 1.08 bits per heavy atom. The second-order valence-corrected chi connectivity index (χ2v) is 7.17. The molecule has 26 heavy (non-hydrogen) atoms. The van der Waals surface area contributed by atoms with Gasteiger partial charge in [-0.15, -0.1) is 0 Å². The molecule has 0 saturated heterocycles. The van der Waals surface area contributed by atoms with Gasteiger partial charge in [0, 0.05) is 17.8 Å². The lowest BCUT2D eigenvalue weighted by atomic mass is 10.1. The highest BCUT2D eigenvalue weighted by atomic mass is 16.2. The topological polar surface area (TPSA) is 113 Å². The first-order valence-electron chi connectivity index (χ1n) is 8.83. The van der Waals surface area contributed by atoms with Gasteiger partial charge in [-0.2, -0.15) is 0 Å². The number of anilines is 1. The average Bonchev–Trinajstić information content (AvgIpc) is 2.58. The van der Waals surface area contributed by atoms with Crippen LogP contribution in [0.1, 0.15) is 43.6 Å². The highest BCUT2D eigenvalue weighted by Crippen LogP contribution is 2.16. The quantitative estimate of drug-likeness (QED) is 0.560. The van der Waals surface area contributed by atoms with Crippen LogP contribution in [0, 0.1) is 18.8 Å². The molecule has 0 heterocycles. The number of hydrogen-bond donors (Lipinski definition) is 4. The molecule has 0 aliphatic rings. The van der Waals surface area contributed by atoms with Crippen LogP contribution in [0.3, 0.4) is 0 Å². The van der Waals surface area contributed by atoms with Crippen molar-refractivity contribution in [1.82, 2.24) is 10.6 Å². The van der Waals surface area contributed by atoms with Crippen LogP contribution in [0.4, 0.5) is 5.69 Å². The average molecular weight is 362 g/mol. The minimum absolute atomic E-state index is 0.00491. The molecule has 0 saturated carbocycles. The maximum atomic E-state index is 12.1. The number of aryl methyl sites for hydroxylation is 1. The van der Waals surface area contributed by atoms with Crippen molar-refractivity contribution in [2.24, 2.45) is 17.6 Å². The van der Waals surface area contributed by atoms with Gasteiger partial charge in [-0.05, 0) is 42.5 Å². The van der Waals surface area contributed by atoms with Crippen molar-refractivity contribution in [2.75, 3.05) is 18.4 Å². The predicted octanol–water partition coefficient (Wildman–Crippen LogP) is 1.42. The lowest BCUT2D eigenvalue weighted by Gasteiger charge is -2.15. The van der Waals surface area contributed by atoms with Gasteiger partial charge in [0.1, 0.15) is 0 Å². The number of rotatable bonds is 8. The molecule has 0 spiro atoms. The first kappa shape index (κ1) is 21.6. The molecule has 0 bridgehead atoms. The number of nitrogens with one attached hydrogen (secondary N) is 3. The molecule has 0 aliphatic carbocycles. The Kier molecular flexibility index (Phi) is 8.25. The van der Waals surface area contributed by atoms with Gasteiger partial charge in [0.05, 0.1) is 12.6 Å². The summed E-state index contributed by atoms with van der Waals surface area (Å²) in [6.45, 7) is 9.99. The molecule has 1 rings (SSSR count). The fourth-order valence-electron chi connectivity index (χ4n) is 2.13. The Hall–Kier alpha value is -2.41. The number of nitrogens with two attached hydrogens (primary N) is 1. The molecule has 5 N–H and O–H groups in total. The minimum Gasteiger partial charge on any atom is -0.352 e. The van der Waals surface area contributed by atoms with Gasteiger partial charge < -0.3 is 21.7 Å². The van der Waals surface area contributed by atoms with E-state index in [1.807, 2.05) is 34.6 Å². The molecule has 0 aliphatic heterocycles. The SMILES string of the molecule is Cc1cc(C(=O)NCC(C)C)ccc1NC(=O)CNC(=O)[C@@H](N)C(C)C. The van der Waals surface area contributed by atoms with E-state index in [-0.39, 0.29) is 30.2 Å². The zero-order valence-electron chi connectivity index (χ0n) is 16.2. The molecular weight excluding hydrogens is 332 g/mol. The molecular formula is C19H30N4O3. The van der Waals surface area contributed by atoms with E-state index >= 15 is 0 Å². The van der Waals surface area contributed by atoms with Crippen LogP contribution in [-0.2, 0) is 9.59 Å². The monoisotopic (exact) mass is 362 g/mol. The Balaban J connectivity index is 2.61. The molecule has 7 heteroatoms. The van der Waals surface area contributed by atoms with Gasteiger partial charge in [0.2, 0.25) is 11.8 Å². The summed E-state index contributed by atoms with van der Waals surface area (Å²) in [4.78, 5) is 35.9. The molecule has 1 atom stereocenters. The van der Waals surface area contributed by atoms with Crippen LogP contribution in [0.15, 0.2) is 18.2 Å². The first-order chi connectivity index (χ1) is 12.1. The maximum absolute atomic E-state index is 12.1. The zero-order chi connectivity index (χ0) is 19.9. The van der Waals surface area contributed by atoms with E-state index in [0.29, 0.717) is 23.7 Å². The smallest absolute Gasteiger partial charge is 0.251 e. The van der Waals surface area contributed by atoms with E-state index < -0.39 is 6.04 Å². The van der Waals surface area contributed by atoms with Crippen molar-refractivity contribution in [3.63, 3.8) is 0 Å². The standard InChI is InChI=1S/C19H30N4O3/c1-11(2)9-21-18(25)14-6-7-15(13(5)8-14)23-16(24)10-22-19(26)17(20)12(3)4/h6-8,11-12,17H,9-10,20H2,1-5H3,(H,21,25)(H,22,26)(H,23,24)/t17-/m0/s1. The summed E-state index contributed by atoms with van der Waals surface area (Å²) in [5.41, 5.74) is 7.63. The molecule has 7 nitrogen and oxygen atoms in total. The summed E-state index contributed by atoms with van der Waals surface area (Å²) in [7, 11) is 0. The third-order valence-electron chi connectivity index (χ3n) is 3.88. The fourth-order valence-corrected chi connectivity index (χ4v) is 2.13. The van der Waals surface area contributed by atoms with Crippen molar-refractivity contribution in [3.8, 4) is 0 Å². The van der Waals surface area contributed by atoms with Crippen molar-refractivity contribution >= 4 is 23.4 Å². The van der Waals surface area contributed by atoms with E-state index in [4.69, 9.17) is 5.73 Å². The van der Waals surface area contributed by atoms with Crippen LogP contribution in [-0.4, -0.2) is 36.9 Å². The highest BCUT2D eigenvalue weighted by Gasteiger charge is 2.18. The summed E-state index contributed by atoms with van der Waals surface area (Å²) >= 11 is 0. The molecule has 0 aromatic heterocycles. The van der Waals surface area contributed by atoms with Crippen LogP contribution in [0.5, 0.6) is 0 Å². The Morgan fingerprint density at radius 2 is 1.73 bits per heavy atom. The van der Waals surface area contributed by atoms with Gasteiger partial charge >= 0.3 is 0 Å². The first-order valence-corrected chi connectivity index (χ1v) is 8.83. The largest absolute Gasteiger partial charge is 0.352 e. The van der Waals surface area contributed by atoms with Crippen molar-refractivity contribution in [1.29, 1.82) is 0 Å². The lowest BCUT2D eigenvalue weighted by Crippen LogP contribution is -2.46. The number of hydrogen-bond acceptors (Lipinski definition) is 4. The summed E-state index contributed by atoms with van der Waals surface area (Å²) in [6, 6.07) is 4.41. The van der Waals surface area contributed by atoms with Gasteiger partial charge in [0.15, 0.2) is 0 Å². The van der Waals surface area contributed by atoms with Crippen molar-refractivity contribution < 1.29 is 14.4 Å². The summed E-state index contributed by atoms with van der Waals surface area (Å²) in [5, 5.41) is 8.10. The van der Waals surface area contributed by atoms with Gasteiger partial charge in [-0.25, -0.2) is 0 Å². The molecule has 1 aromatic rings. The van der Waals surface area contributed by atoms with E-state index in [2.05, 4.69) is 16.0 Å². The maximum Gasteiger partial charge on any atom is 0.251 e. The molecule has 0 fully saturated rings. The fraction of sp³-hybridized carbons (Fsp3) is 0.526. The second kappa shape index (κ2) is 9.91. The predicted molar refractivity (Wildman–Crippen MR) is 103 cm³/mol.